The zero-order valence-electron chi connectivity index (χ0n) is 14.5. The van der Waals surface area contributed by atoms with Crippen LogP contribution in [-0.2, 0) is 9.47 Å². The van der Waals surface area contributed by atoms with Crippen molar-refractivity contribution < 1.29 is 14.3 Å². The number of nitrogens with one attached hydrogen (secondary N) is 1. The lowest BCUT2D eigenvalue weighted by molar-refractivity contribution is -0.0959. The van der Waals surface area contributed by atoms with Gasteiger partial charge in [-0.3, -0.25) is 0 Å². The molecule has 4 heterocycles. The van der Waals surface area contributed by atoms with Crippen LogP contribution in [0.4, 0.5) is 16.3 Å². The van der Waals surface area contributed by atoms with Crippen LogP contribution in [0.2, 0.25) is 0 Å². The lowest BCUT2D eigenvalue weighted by Gasteiger charge is -2.34. The number of carbonyl (C=O) groups excluding carboxylic acids is 1. The molecule has 3 saturated heterocycles. The number of anilines is 2. The molecule has 1 atom stereocenters. The number of ether oxygens (including phenoxy) is 2. The monoisotopic (exact) mass is 346 g/mol. The number of piperidine rings is 1. The van der Waals surface area contributed by atoms with Crippen molar-refractivity contribution in [3.05, 3.63) is 18.3 Å². The Morgan fingerprint density at radius 1 is 1.16 bits per heavy atom. The molecule has 3 aliphatic rings. The van der Waals surface area contributed by atoms with E-state index in [1.54, 1.807) is 6.20 Å². The molecule has 7 nitrogen and oxygen atoms in total. The molecule has 0 aliphatic carbocycles. The van der Waals surface area contributed by atoms with Gasteiger partial charge in [0.05, 0.1) is 18.9 Å². The Bertz CT molecular complexity index is 600. The summed E-state index contributed by atoms with van der Waals surface area (Å²) in [5.41, 5.74) is 0.796. The molecular formula is C18H26N4O3. The minimum Gasteiger partial charge on any atom is -0.355 e. The van der Waals surface area contributed by atoms with Crippen LogP contribution in [0.1, 0.15) is 25.7 Å². The van der Waals surface area contributed by atoms with E-state index in [0.717, 1.165) is 44.0 Å². The lowest BCUT2D eigenvalue weighted by Crippen LogP contribution is -2.45. The Hall–Kier alpha value is -1.86. The van der Waals surface area contributed by atoms with E-state index in [2.05, 4.69) is 15.2 Å². The number of carbonyl (C=O) groups is 1. The molecular weight excluding hydrogens is 320 g/mol. The first-order valence-electron chi connectivity index (χ1n) is 9.30. The highest BCUT2D eigenvalue weighted by Gasteiger charge is 2.33. The van der Waals surface area contributed by atoms with Crippen LogP contribution >= 0.6 is 0 Å². The number of nitrogens with zero attached hydrogens (tertiary/aromatic N) is 3. The molecule has 0 radical (unpaired) electrons. The summed E-state index contributed by atoms with van der Waals surface area (Å²) < 4.78 is 11.3. The second kappa shape index (κ2) is 7.58. The number of hydrogen-bond acceptors (Lipinski definition) is 5. The number of urea groups is 1. The van der Waals surface area contributed by atoms with E-state index in [9.17, 15) is 4.79 Å². The van der Waals surface area contributed by atoms with Crippen molar-refractivity contribution in [2.45, 2.75) is 32.0 Å². The maximum absolute atomic E-state index is 12.8. The summed E-state index contributed by atoms with van der Waals surface area (Å²) in [6, 6.07) is 3.74. The summed E-state index contributed by atoms with van der Waals surface area (Å²) in [7, 11) is 0. The van der Waals surface area contributed by atoms with Gasteiger partial charge in [0.15, 0.2) is 12.1 Å². The summed E-state index contributed by atoms with van der Waals surface area (Å²) >= 11 is 0. The quantitative estimate of drug-likeness (QED) is 0.910. The van der Waals surface area contributed by atoms with Crippen molar-refractivity contribution in [1.82, 2.24) is 9.88 Å². The van der Waals surface area contributed by atoms with Crippen LogP contribution in [0.25, 0.3) is 0 Å². The molecule has 7 heteroatoms. The highest BCUT2D eigenvalue weighted by atomic mass is 16.7. The van der Waals surface area contributed by atoms with Crippen molar-refractivity contribution in [3.8, 4) is 0 Å². The van der Waals surface area contributed by atoms with Crippen LogP contribution in [0.15, 0.2) is 18.3 Å². The molecule has 1 aromatic rings. The maximum Gasteiger partial charge on any atom is 0.321 e. The number of likely N-dealkylation sites (tertiary alicyclic amines) is 1. The molecule has 1 unspecified atom stereocenters. The molecule has 0 spiro atoms. The molecule has 1 aromatic heterocycles. The van der Waals surface area contributed by atoms with Gasteiger partial charge in [0.25, 0.3) is 0 Å². The van der Waals surface area contributed by atoms with Gasteiger partial charge in [-0.15, -0.1) is 0 Å². The number of rotatable bonds is 3. The molecule has 25 heavy (non-hydrogen) atoms. The average molecular weight is 346 g/mol. The number of amides is 2. The fourth-order valence-corrected chi connectivity index (χ4v) is 3.94. The number of aromatic nitrogens is 1. The first kappa shape index (κ1) is 16.6. The van der Waals surface area contributed by atoms with E-state index >= 15 is 0 Å². The fourth-order valence-electron chi connectivity index (χ4n) is 3.94. The maximum atomic E-state index is 12.8. The fraction of sp³-hybridized carbons (Fsp3) is 0.667. The normalized spacial score (nSPS) is 24.7. The van der Waals surface area contributed by atoms with Crippen LogP contribution in [0, 0.1) is 5.92 Å². The molecule has 136 valence electrons. The van der Waals surface area contributed by atoms with Gasteiger partial charge < -0.3 is 24.6 Å². The number of pyridine rings is 1. The van der Waals surface area contributed by atoms with Crippen LogP contribution in [0.5, 0.6) is 0 Å². The zero-order chi connectivity index (χ0) is 17.1. The SMILES string of the molecule is O=C(Nc1cccnc1N1CCCC1)N1CCCC(C2OCCO2)C1. The lowest BCUT2D eigenvalue weighted by atomic mass is 9.98. The second-order valence-corrected chi connectivity index (χ2v) is 6.96. The predicted molar refractivity (Wildman–Crippen MR) is 94.7 cm³/mol. The Morgan fingerprint density at radius 3 is 2.76 bits per heavy atom. The molecule has 2 amide bonds. The standard InChI is InChI=1S/C18H26N4O3/c23-18(22-10-4-5-14(13-22)17-24-11-12-25-17)20-15-6-3-7-19-16(15)21-8-1-2-9-21/h3,6-7,14,17H,1-2,4-5,8-13H2,(H,20,23). The Balaban J connectivity index is 1.41. The first-order valence-corrected chi connectivity index (χ1v) is 9.30. The van der Waals surface area contributed by atoms with Gasteiger partial charge >= 0.3 is 6.03 Å². The highest BCUT2D eigenvalue weighted by Crippen LogP contribution is 2.28. The minimum atomic E-state index is -0.158. The van der Waals surface area contributed by atoms with Gasteiger partial charge in [-0.25, -0.2) is 9.78 Å². The third-order valence-electron chi connectivity index (χ3n) is 5.21. The van der Waals surface area contributed by atoms with Crippen molar-refractivity contribution in [1.29, 1.82) is 0 Å². The summed E-state index contributed by atoms with van der Waals surface area (Å²) in [5, 5.41) is 3.07. The smallest absolute Gasteiger partial charge is 0.321 e. The van der Waals surface area contributed by atoms with Gasteiger partial charge in [0.2, 0.25) is 0 Å². The van der Waals surface area contributed by atoms with E-state index in [4.69, 9.17) is 9.47 Å². The van der Waals surface area contributed by atoms with Crippen LogP contribution < -0.4 is 10.2 Å². The van der Waals surface area contributed by atoms with Crippen molar-refractivity contribution >= 4 is 17.5 Å². The largest absolute Gasteiger partial charge is 0.355 e. The topological polar surface area (TPSA) is 66.9 Å². The van der Waals surface area contributed by atoms with Crippen molar-refractivity contribution in [2.24, 2.45) is 5.92 Å². The molecule has 0 saturated carbocycles. The van der Waals surface area contributed by atoms with E-state index in [-0.39, 0.29) is 18.2 Å². The third kappa shape index (κ3) is 3.72. The predicted octanol–water partition coefficient (Wildman–Crippen LogP) is 2.30. The van der Waals surface area contributed by atoms with E-state index in [1.165, 1.54) is 12.8 Å². The van der Waals surface area contributed by atoms with Crippen molar-refractivity contribution in [2.75, 3.05) is 49.6 Å². The van der Waals surface area contributed by atoms with Crippen molar-refractivity contribution in [3.63, 3.8) is 0 Å². The summed E-state index contributed by atoms with van der Waals surface area (Å²) in [6.07, 6.45) is 6.01. The van der Waals surface area contributed by atoms with Gasteiger partial charge in [-0.2, -0.15) is 0 Å². The first-order chi connectivity index (χ1) is 12.3. The summed E-state index contributed by atoms with van der Waals surface area (Å²) in [5.74, 6) is 1.14. The third-order valence-corrected chi connectivity index (χ3v) is 5.21. The summed E-state index contributed by atoms with van der Waals surface area (Å²) in [6.45, 7) is 4.76. The van der Waals surface area contributed by atoms with E-state index in [1.807, 2.05) is 17.0 Å². The zero-order valence-corrected chi connectivity index (χ0v) is 14.5. The minimum absolute atomic E-state index is 0.0591. The Labute approximate surface area is 148 Å². The second-order valence-electron chi connectivity index (χ2n) is 6.96. The van der Waals surface area contributed by atoms with E-state index < -0.39 is 0 Å². The molecule has 0 aromatic carbocycles. The molecule has 0 bridgehead atoms. The van der Waals surface area contributed by atoms with Gasteiger partial charge in [0.1, 0.15) is 0 Å². The van der Waals surface area contributed by atoms with Gasteiger partial charge in [0, 0.05) is 38.3 Å². The van der Waals surface area contributed by atoms with Gasteiger partial charge in [-0.05, 0) is 37.8 Å². The van der Waals surface area contributed by atoms with E-state index in [0.29, 0.717) is 19.8 Å². The highest BCUT2D eigenvalue weighted by molar-refractivity contribution is 5.92. The van der Waals surface area contributed by atoms with Crippen LogP contribution in [0.3, 0.4) is 0 Å². The van der Waals surface area contributed by atoms with Crippen LogP contribution in [-0.4, -0.2) is 61.6 Å². The number of hydrogen-bond donors (Lipinski definition) is 1. The molecule has 1 N–H and O–H groups in total. The molecule has 4 rings (SSSR count). The average Bonchev–Trinajstić information content (AvgIpc) is 3.36. The molecule has 3 fully saturated rings. The Kier molecular flexibility index (Phi) is 5.03. The summed E-state index contributed by atoms with van der Waals surface area (Å²) in [4.78, 5) is 21.4. The Morgan fingerprint density at radius 2 is 1.96 bits per heavy atom. The molecule has 3 aliphatic heterocycles. The van der Waals surface area contributed by atoms with Gasteiger partial charge in [-0.1, -0.05) is 0 Å².